The molecule has 0 fully saturated rings. The molecule has 1 rings (SSSR count). The van der Waals surface area contributed by atoms with Crippen molar-refractivity contribution in [2.24, 2.45) is 5.41 Å². The van der Waals surface area contributed by atoms with Gasteiger partial charge in [0, 0.05) is 17.6 Å². The zero-order valence-corrected chi connectivity index (χ0v) is 11.9. The van der Waals surface area contributed by atoms with Crippen LogP contribution in [-0.4, -0.2) is 25.4 Å². The van der Waals surface area contributed by atoms with Gasteiger partial charge in [-0.3, -0.25) is 0 Å². The third kappa shape index (κ3) is 3.39. The predicted molar refractivity (Wildman–Crippen MR) is 76.3 cm³/mol. The highest BCUT2D eigenvalue weighted by Gasteiger charge is 2.24. The average Bonchev–Trinajstić information content (AvgIpc) is 2.42. The van der Waals surface area contributed by atoms with Crippen LogP contribution in [0.3, 0.4) is 0 Å². The lowest BCUT2D eigenvalue weighted by molar-refractivity contribution is 0.127. The summed E-state index contributed by atoms with van der Waals surface area (Å²) in [5.41, 5.74) is 2.25. The first kappa shape index (κ1) is 14.8. The lowest BCUT2D eigenvalue weighted by atomic mass is 9.83. The first-order chi connectivity index (χ1) is 8.60. The van der Waals surface area contributed by atoms with Crippen LogP contribution in [0.25, 0.3) is 0 Å². The number of aliphatic hydroxyl groups is 1. The molecule has 0 aromatic heterocycles. The maximum Gasteiger partial charge on any atom is 0.119 e. The summed E-state index contributed by atoms with van der Waals surface area (Å²) in [6.45, 7) is 7.33. The summed E-state index contributed by atoms with van der Waals surface area (Å²) in [5.74, 6) is 0.873. The summed E-state index contributed by atoms with van der Waals surface area (Å²) in [7, 11) is 1.67. The van der Waals surface area contributed by atoms with Crippen LogP contribution in [0.5, 0.6) is 5.75 Å². The van der Waals surface area contributed by atoms with Crippen LogP contribution in [0.4, 0.5) is 5.69 Å². The fraction of sp³-hybridized carbons (Fsp3) is 0.600. The molecule has 0 heterocycles. The SMILES string of the molecule is CCC(CC)(CO)CNc1ccc(OC)cc1C. The molecular weight excluding hydrogens is 226 g/mol. The summed E-state index contributed by atoms with van der Waals surface area (Å²) >= 11 is 0. The molecule has 3 heteroatoms. The minimum absolute atomic E-state index is 0.0215. The number of anilines is 1. The monoisotopic (exact) mass is 251 g/mol. The minimum atomic E-state index is -0.0215. The molecule has 0 unspecified atom stereocenters. The molecule has 0 aliphatic rings. The van der Waals surface area contributed by atoms with Crippen molar-refractivity contribution in [2.75, 3.05) is 25.6 Å². The summed E-state index contributed by atoms with van der Waals surface area (Å²) < 4.78 is 5.19. The highest BCUT2D eigenvalue weighted by atomic mass is 16.5. The summed E-state index contributed by atoms with van der Waals surface area (Å²) in [4.78, 5) is 0. The molecule has 2 N–H and O–H groups in total. The standard InChI is InChI=1S/C15H25NO2/c1-5-15(6-2,11-17)10-16-14-8-7-13(18-4)9-12(14)3/h7-9,16-17H,5-6,10-11H2,1-4H3. The van der Waals surface area contributed by atoms with Crippen molar-refractivity contribution in [3.05, 3.63) is 23.8 Å². The van der Waals surface area contributed by atoms with Crippen molar-refractivity contribution < 1.29 is 9.84 Å². The highest BCUT2D eigenvalue weighted by Crippen LogP contribution is 2.28. The van der Waals surface area contributed by atoms with Crippen LogP contribution in [0.1, 0.15) is 32.3 Å². The van der Waals surface area contributed by atoms with E-state index in [1.165, 1.54) is 0 Å². The molecule has 0 amide bonds. The molecule has 0 radical (unpaired) electrons. The second-order valence-electron chi connectivity index (χ2n) is 4.90. The minimum Gasteiger partial charge on any atom is -0.497 e. The highest BCUT2D eigenvalue weighted by molar-refractivity contribution is 5.53. The lowest BCUT2D eigenvalue weighted by Crippen LogP contribution is -2.32. The second kappa shape index (κ2) is 6.64. The molecule has 0 aliphatic heterocycles. The van der Waals surface area contributed by atoms with Crippen molar-refractivity contribution in [1.82, 2.24) is 0 Å². The van der Waals surface area contributed by atoms with Gasteiger partial charge in [0.2, 0.25) is 0 Å². The molecule has 3 nitrogen and oxygen atoms in total. The first-order valence-corrected chi connectivity index (χ1v) is 6.60. The zero-order chi connectivity index (χ0) is 13.6. The largest absolute Gasteiger partial charge is 0.497 e. The van der Waals surface area contributed by atoms with Gasteiger partial charge in [-0.1, -0.05) is 13.8 Å². The van der Waals surface area contributed by atoms with Gasteiger partial charge in [0.05, 0.1) is 13.7 Å². The number of benzene rings is 1. The lowest BCUT2D eigenvalue weighted by Gasteiger charge is -2.30. The molecule has 102 valence electrons. The van der Waals surface area contributed by atoms with Gasteiger partial charge >= 0.3 is 0 Å². The van der Waals surface area contributed by atoms with Gasteiger partial charge in [0.25, 0.3) is 0 Å². The van der Waals surface area contributed by atoms with Gasteiger partial charge in [-0.2, -0.15) is 0 Å². The Hall–Kier alpha value is -1.22. The molecule has 0 bridgehead atoms. The van der Waals surface area contributed by atoms with Gasteiger partial charge in [-0.05, 0) is 43.5 Å². The fourth-order valence-electron chi connectivity index (χ4n) is 2.02. The Morgan fingerprint density at radius 3 is 2.39 bits per heavy atom. The van der Waals surface area contributed by atoms with Crippen molar-refractivity contribution in [3.8, 4) is 5.75 Å². The molecule has 0 spiro atoms. The molecule has 0 saturated carbocycles. The van der Waals surface area contributed by atoms with E-state index in [1.807, 2.05) is 18.2 Å². The van der Waals surface area contributed by atoms with Gasteiger partial charge in [-0.25, -0.2) is 0 Å². The smallest absolute Gasteiger partial charge is 0.119 e. The topological polar surface area (TPSA) is 41.5 Å². The van der Waals surface area contributed by atoms with Crippen molar-refractivity contribution in [2.45, 2.75) is 33.6 Å². The normalized spacial score (nSPS) is 11.4. The van der Waals surface area contributed by atoms with E-state index in [9.17, 15) is 5.11 Å². The van der Waals surface area contributed by atoms with E-state index in [0.717, 1.165) is 36.4 Å². The molecular formula is C15H25NO2. The van der Waals surface area contributed by atoms with Crippen LogP contribution < -0.4 is 10.1 Å². The zero-order valence-electron chi connectivity index (χ0n) is 11.9. The van der Waals surface area contributed by atoms with E-state index in [2.05, 4.69) is 26.1 Å². The Morgan fingerprint density at radius 2 is 1.94 bits per heavy atom. The number of rotatable bonds is 7. The second-order valence-corrected chi connectivity index (χ2v) is 4.90. The Labute approximate surface area is 110 Å². The summed E-state index contributed by atoms with van der Waals surface area (Å²) in [6.07, 6.45) is 1.95. The van der Waals surface area contributed by atoms with Crippen molar-refractivity contribution in [3.63, 3.8) is 0 Å². The van der Waals surface area contributed by atoms with Crippen molar-refractivity contribution >= 4 is 5.69 Å². The number of methoxy groups -OCH3 is 1. The molecule has 1 aromatic carbocycles. The van der Waals surface area contributed by atoms with Gasteiger partial charge < -0.3 is 15.2 Å². The van der Waals surface area contributed by atoms with Crippen LogP contribution in [0.2, 0.25) is 0 Å². The van der Waals surface area contributed by atoms with Crippen LogP contribution in [0.15, 0.2) is 18.2 Å². The third-order valence-electron chi connectivity index (χ3n) is 3.92. The fourth-order valence-corrected chi connectivity index (χ4v) is 2.02. The quantitative estimate of drug-likeness (QED) is 0.782. The van der Waals surface area contributed by atoms with Crippen LogP contribution in [0, 0.1) is 12.3 Å². The first-order valence-electron chi connectivity index (χ1n) is 6.60. The van der Waals surface area contributed by atoms with E-state index >= 15 is 0 Å². The van der Waals surface area contributed by atoms with Crippen LogP contribution >= 0.6 is 0 Å². The van der Waals surface area contributed by atoms with E-state index in [-0.39, 0.29) is 12.0 Å². The number of aliphatic hydroxyl groups excluding tert-OH is 1. The number of nitrogens with one attached hydrogen (secondary N) is 1. The van der Waals surface area contributed by atoms with Gasteiger partial charge in [0.1, 0.15) is 5.75 Å². The van der Waals surface area contributed by atoms with E-state index in [0.29, 0.717) is 0 Å². The molecule has 0 atom stereocenters. The van der Waals surface area contributed by atoms with Gasteiger partial charge in [0.15, 0.2) is 0 Å². The Morgan fingerprint density at radius 1 is 1.28 bits per heavy atom. The Balaban J connectivity index is 2.73. The number of ether oxygens (including phenoxy) is 1. The van der Waals surface area contributed by atoms with Gasteiger partial charge in [-0.15, -0.1) is 0 Å². The number of hydrogen-bond acceptors (Lipinski definition) is 3. The maximum atomic E-state index is 9.55. The molecule has 0 aliphatic carbocycles. The predicted octanol–water partition coefficient (Wildman–Crippen LogP) is 3.21. The average molecular weight is 251 g/mol. The number of aryl methyl sites for hydroxylation is 1. The number of hydrogen-bond donors (Lipinski definition) is 2. The van der Waals surface area contributed by atoms with E-state index < -0.39 is 0 Å². The summed E-state index contributed by atoms with van der Waals surface area (Å²) in [5, 5.41) is 13.0. The van der Waals surface area contributed by atoms with Crippen molar-refractivity contribution in [1.29, 1.82) is 0 Å². The van der Waals surface area contributed by atoms with E-state index in [4.69, 9.17) is 4.74 Å². The molecule has 0 saturated heterocycles. The Kier molecular flexibility index (Phi) is 5.48. The maximum absolute atomic E-state index is 9.55. The Bertz CT molecular complexity index is 364. The van der Waals surface area contributed by atoms with E-state index in [1.54, 1.807) is 7.11 Å². The molecule has 18 heavy (non-hydrogen) atoms. The third-order valence-corrected chi connectivity index (χ3v) is 3.92. The molecule has 1 aromatic rings. The van der Waals surface area contributed by atoms with Crippen LogP contribution in [-0.2, 0) is 0 Å². The summed E-state index contributed by atoms with van der Waals surface area (Å²) in [6, 6.07) is 6.00.